The monoisotopic (exact) mass is 282 g/mol. The highest BCUT2D eigenvalue weighted by Gasteiger charge is 2.24. The van der Waals surface area contributed by atoms with Crippen molar-refractivity contribution in [3.63, 3.8) is 0 Å². The van der Waals surface area contributed by atoms with Gasteiger partial charge in [0.15, 0.2) is 11.6 Å². The van der Waals surface area contributed by atoms with E-state index < -0.39 is 0 Å². The average molecular weight is 282 g/mol. The summed E-state index contributed by atoms with van der Waals surface area (Å²) in [6.45, 7) is 7.93. The Hall–Kier alpha value is -2.15. The topological polar surface area (TPSA) is 117 Å². The van der Waals surface area contributed by atoms with E-state index in [4.69, 9.17) is 10.8 Å². The van der Waals surface area contributed by atoms with Gasteiger partial charge in [0.25, 0.3) is 0 Å². The van der Waals surface area contributed by atoms with Crippen LogP contribution >= 0.6 is 0 Å². The van der Waals surface area contributed by atoms with E-state index in [-0.39, 0.29) is 23.5 Å². The molecule has 1 aliphatic heterocycles. The average Bonchev–Trinajstić information content (AvgIpc) is 2.84. The molecule has 1 fully saturated rings. The molecule has 2 unspecified atom stereocenters. The smallest absolute Gasteiger partial charge is 0.234 e. The third kappa shape index (κ3) is 6.69. The number of rotatable bonds is 5. The first-order valence-corrected chi connectivity index (χ1v) is 6.21. The lowest BCUT2D eigenvalue weighted by atomic mass is 10.1. The Morgan fingerprint density at radius 2 is 2.25 bits per heavy atom. The molecular weight excluding hydrogens is 260 g/mol. The molecule has 0 saturated carbocycles. The molecule has 0 aromatic heterocycles. The van der Waals surface area contributed by atoms with Crippen LogP contribution in [0.25, 0.3) is 0 Å². The fourth-order valence-corrected chi connectivity index (χ4v) is 1.62. The molecule has 2 atom stereocenters. The number of amides is 2. The van der Waals surface area contributed by atoms with Crippen LogP contribution in [-0.2, 0) is 9.59 Å². The van der Waals surface area contributed by atoms with Gasteiger partial charge >= 0.3 is 0 Å². The molecule has 1 heterocycles. The molecule has 1 aliphatic rings. The third-order valence-electron chi connectivity index (χ3n) is 2.62. The quantitative estimate of drug-likeness (QED) is 0.249. The molecular formula is C13H22N4O3. The van der Waals surface area contributed by atoms with Crippen molar-refractivity contribution in [2.45, 2.75) is 26.3 Å². The van der Waals surface area contributed by atoms with E-state index in [1.807, 2.05) is 0 Å². The zero-order valence-electron chi connectivity index (χ0n) is 11.8. The number of aliphatic hydroxyl groups excluding tert-OH is 1. The van der Waals surface area contributed by atoms with Gasteiger partial charge in [0.05, 0.1) is 6.04 Å². The maximum Gasteiger partial charge on any atom is 0.234 e. The predicted octanol–water partition coefficient (Wildman–Crippen LogP) is 0.206. The number of nitrogens with two attached hydrogens (primary N) is 1. The zero-order valence-corrected chi connectivity index (χ0v) is 11.8. The first-order chi connectivity index (χ1) is 9.46. The van der Waals surface area contributed by atoms with Crippen LogP contribution < -0.4 is 16.4 Å². The number of primary amides is 1. The van der Waals surface area contributed by atoms with Crippen LogP contribution in [0.3, 0.4) is 0 Å². The Morgan fingerprint density at radius 1 is 1.60 bits per heavy atom. The number of nitrogens with zero attached hydrogens (tertiary/aromatic N) is 1. The highest BCUT2D eigenvalue weighted by Crippen LogP contribution is 2.11. The minimum Gasteiger partial charge on any atom is -0.504 e. The van der Waals surface area contributed by atoms with Crippen molar-refractivity contribution in [3.8, 4) is 0 Å². The van der Waals surface area contributed by atoms with E-state index in [1.54, 1.807) is 13.0 Å². The zero-order chi connectivity index (χ0) is 15.5. The number of carbonyl (C=O) groups is 2. The summed E-state index contributed by atoms with van der Waals surface area (Å²) in [4.78, 5) is 23.8. The van der Waals surface area contributed by atoms with Gasteiger partial charge in [0.2, 0.25) is 12.3 Å². The summed E-state index contributed by atoms with van der Waals surface area (Å²) in [5, 5.41) is 14.3. The summed E-state index contributed by atoms with van der Waals surface area (Å²) in [6, 6.07) is -0.0694. The van der Waals surface area contributed by atoms with Gasteiger partial charge < -0.3 is 21.5 Å². The fourth-order valence-electron chi connectivity index (χ4n) is 1.62. The number of aliphatic hydroxyl groups is 1. The Labute approximate surface area is 118 Å². The number of hydrogen-bond acceptors (Lipinski definition) is 5. The lowest BCUT2D eigenvalue weighted by Crippen LogP contribution is -2.36. The van der Waals surface area contributed by atoms with Gasteiger partial charge in [-0.2, -0.15) is 0 Å². The molecule has 0 bridgehead atoms. The molecule has 7 heteroatoms. The van der Waals surface area contributed by atoms with Crippen molar-refractivity contribution in [2.24, 2.45) is 16.6 Å². The predicted molar refractivity (Wildman–Crippen MR) is 78.0 cm³/mol. The molecule has 2 amide bonds. The Bertz CT molecular complexity index is 404. The van der Waals surface area contributed by atoms with Gasteiger partial charge in [-0.15, -0.1) is 0 Å². The van der Waals surface area contributed by atoms with Crippen LogP contribution in [0.1, 0.15) is 20.3 Å². The molecule has 5 N–H and O–H groups in total. The summed E-state index contributed by atoms with van der Waals surface area (Å²) in [5.74, 6) is 0.314. The second-order valence-electron chi connectivity index (χ2n) is 4.36. The summed E-state index contributed by atoms with van der Waals surface area (Å²) < 4.78 is 0. The van der Waals surface area contributed by atoms with Gasteiger partial charge in [-0.3, -0.25) is 9.59 Å². The summed E-state index contributed by atoms with van der Waals surface area (Å²) >= 11 is 0. The van der Waals surface area contributed by atoms with E-state index in [0.717, 1.165) is 13.0 Å². The lowest BCUT2D eigenvalue weighted by molar-refractivity contribution is -0.119. The first-order valence-electron chi connectivity index (χ1n) is 6.21. The molecule has 0 aromatic carbocycles. The SMILES string of the molecule is C=N/C(NC=O)=C(O)\C=C/C.CC1CNC(C(N)=O)C1. The number of carbonyl (C=O) groups excluding carboxylic acids is 2. The number of hydrogen-bond donors (Lipinski definition) is 4. The van der Waals surface area contributed by atoms with Gasteiger partial charge in [-0.1, -0.05) is 13.0 Å². The lowest BCUT2D eigenvalue weighted by Gasteiger charge is -2.01. The van der Waals surface area contributed by atoms with E-state index >= 15 is 0 Å². The number of aliphatic imine (C=N–C) groups is 1. The van der Waals surface area contributed by atoms with E-state index in [9.17, 15) is 9.59 Å². The molecule has 0 aromatic rings. The van der Waals surface area contributed by atoms with Crippen molar-refractivity contribution < 1.29 is 14.7 Å². The molecule has 112 valence electrons. The fraction of sp³-hybridized carbons (Fsp3) is 0.462. The summed E-state index contributed by atoms with van der Waals surface area (Å²) in [6.07, 6.45) is 4.34. The first kappa shape index (κ1) is 17.8. The second-order valence-corrected chi connectivity index (χ2v) is 4.36. The van der Waals surface area contributed by atoms with Gasteiger partial charge in [0, 0.05) is 0 Å². The van der Waals surface area contributed by atoms with Crippen LogP contribution in [0, 0.1) is 5.92 Å². The maximum atomic E-state index is 10.5. The Morgan fingerprint density at radius 3 is 2.55 bits per heavy atom. The minimum atomic E-state index is -0.223. The van der Waals surface area contributed by atoms with Crippen molar-refractivity contribution in [1.29, 1.82) is 0 Å². The number of nitrogens with one attached hydrogen (secondary N) is 2. The summed E-state index contributed by atoms with van der Waals surface area (Å²) in [7, 11) is 0. The van der Waals surface area contributed by atoms with E-state index in [0.29, 0.717) is 12.3 Å². The van der Waals surface area contributed by atoms with Crippen LogP contribution in [0.5, 0.6) is 0 Å². The third-order valence-corrected chi connectivity index (χ3v) is 2.62. The summed E-state index contributed by atoms with van der Waals surface area (Å²) in [5.41, 5.74) is 5.06. The highest BCUT2D eigenvalue weighted by atomic mass is 16.3. The van der Waals surface area contributed by atoms with Crippen molar-refractivity contribution in [3.05, 3.63) is 23.7 Å². The molecule has 7 nitrogen and oxygen atoms in total. The normalized spacial score (nSPS) is 22.5. The molecule has 0 spiro atoms. The second kappa shape index (κ2) is 9.74. The van der Waals surface area contributed by atoms with Crippen molar-refractivity contribution in [1.82, 2.24) is 10.6 Å². The standard InChI is InChI=1S/C7H10N2O2.C6H12N2O/c1-3-4-6(11)7(8-2)9-5-10;1-4-2-5(6(7)9)8-3-4/h3-5,11H,2H2,1H3,(H,9,10);4-5,8H,2-3H2,1H3,(H2,7,9)/b4-3-,7-6-;. The molecule has 0 radical (unpaired) electrons. The van der Waals surface area contributed by atoms with Crippen molar-refractivity contribution >= 4 is 19.0 Å². The van der Waals surface area contributed by atoms with Crippen molar-refractivity contribution in [2.75, 3.05) is 6.54 Å². The van der Waals surface area contributed by atoms with Crippen LogP contribution in [-0.4, -0.2) is 36.7 Å². The molecule has 1 saturated heterocycles. The van der Waals surface area contributed by atoms with E-state index in [2.05, 4.69) is 29.3 Å². The molecule has 20 heavy (non-hydrogen) atoms. The molecule has 1 rings (SSSR count). The minimum absolute atomic E-state index is 0.0538. The number of allylic oxidation sites excluding steroid dienone is 2. The van der Waals surface area contributed by atoms with Crippen LogP contribution in [0.15, 0.2) is 28.7 Å². The van der Waals surface area contributed by atoms with E-state index in [1.165, 1.54) is 6.08 Å². The van der Waals surface area contributed by atoms with Gasteiger partial charge in [-0.25, -0.2) is 4.99 Å². The molecule has 0 aliphatic carbocycles. The Kier molecular flexibility index (Phi) is 8.69. The highest BCUT2D eigenvalue weighted by molar-refractivity contribution is 5.80. The van der Waals surface area contributed by atoms with Gasteiger partial charge in [-0.05, 0) is 38.6 Å². The largest absolute Gasteiger partial charge is 0.504 e. The van der Waals surface area contributed by atoms with Crippen LogP contribution in [0.4, 0.5) is 0 Å². The van der Waals surface area contributed by atoms with Crippen LogP contribution in [0.2, 0.25) is 0 Å². The maximum absolute atomic E-state index is 10.5. The Balaban J connectivity index is 0.000000367. The van der Waals surface area contributed by atoms with Gasteiger partial charge in [0.1, 0.15) is 0 Å².